The molecule has 0 fully saturated rings. The number of carbonyl (C=O) groups excluding carboxylic acids is 1. The minimum atomic E-state index is -3.23. The lowest BCUT2D eigenvalue weighted by atomic mass is 9.99. The molecule has 1 aromatic heterocycles. The summed E-state index contributed by atoms with van der Waals surface area (Å²) < 4.78 is 36.5. The molecular formula is C20H22FN3O3S. The first-order valence-electron chi connectivity index (χ1n) is 8.86. The van der Waals surface area contributed by atoms with Gasteiger partial charge in [-0.05, 0) is 48.4 Å². The van der Waals surface area contributed by atoms with Gasteiger partial charge in [0.2, 0.25) is 5.91 Å². The topological polar surface area (TPSA) is 79.8 Å². The molecule has 0 radical (unpaired) electrons. The summed E-state index contributed by atoms with van der Waals surface area (Å²) in [4.78, 5) is 17.1. The summed E-state index contributed by atoms with van der Waals surface area (Å²) in [6.45, 7) is 1.78. The molecule has 0 aliphatic carbocycles. The van der Waals surface area contributed by atoms with Gasteiger partial charge in [-0.25, -0.2) is 4.39 Å². The van der Waals surface area contributed by atoms with E-state index >= 15 is 0 Å². The van der Waals surface area contributed by atoms with Gasteiger partial charge in [-0.15, -0.1) is 10.8 Å². The predicted molar refractivity (Wildman–Crippen MR) is 109 cm³/mol. The third kappa shape index (κ3) is 2.89. The van der Waals surface area contributed by atoms with Crippen LogP contribution in [0.1, 0.15) is 18.5 Å². The number of H-pyrrole nitrogens is 1. The molecule has 1 aliphatic heterocycles. The number of carbonyl (C=O) groups is 1. The van der Waals surface area contributed by atoms with Crippen molar-refractivity contribution in [1.29, 1.82) is 0 Å². The van der Waals surface area contributed by atoms with Crippen molar-refractivity contribution in [2.24, 2.45) is 0 Å². The highest BCUT2D eigenvalue weighted by Gasteiger charge is 2.41. The molecule has 2 heterocycles. The predicted octanol–water partition coefficient (Wildman–Crippen LogP) is 4.46. The van der Waals surface area contributed by atoms with Crippen molar-refractivity contribution in [2.45, 2.75) is 17.9 Å². The van der Waals surface area contributed by atoms with E-state index in [1.54, 1.807) is 26.2 Å². The molecule has 0 saturated heterocycles. The highest BCUT2D eigenvalue weighted by atomic mass is 32.3. The standard InChI is InChI=1S/C20H22FN3O3S/c1-12-16-8-13(17-10-22-18-9-14(21)5-6-15(17)18)4-7-19(16)28(26,27)24(12)11-20(25)23(2)3/h4-10,12,22,26-27H,11H2,1-3H3. The highest BCUT2D eigenvalue weighted by molar-refractivity contribution is 8.22. The van der Waals surface area contributed by atoms with Crippen molar-refractivity contribution >= 4 is 27.6 Å². The number of nitrogens with zero attached hydrogens (tertiary/aromatic N) is 2. The smallest absolute Gasteiger partial charge is 0.238 e. The van der Waals surface area contributed by atoms with E-state index in [2.05, 4.69) is 4.98 Å². The number of likely N-dealkylation sites (N-methyl/N-ethyl adjacent to an activating group) is 1. The molecule has 148 valence electrons. The van der Waals surface area contributed by atoms with Gasteiger partial charge in [-0.3, -0.25) is 13.9 Å². The van der Waals surface area contributed by atoms with Crippen LogP contribution < -0.4 is 0 Å². The average molecular weight is 403 g/mol. The minimum Gasteiger partial charge on any atom is -0.360 e. The van der Waals surface area contributed by atoms with Crippen LogP contribution in [0.2, 0.25) is 0 Å². The lowest BCUT2D eigenvalue weighted by molar-refractivity contribution is -0.129. The zero-order valence-electron chi connectivity index (χ0n) is 15.8. The molecule has 1 atom stereocenters. The lowest BCUT2D eigenvalue weighted by Crippen LogP contribution is -2.36. The van der Waals surface area contributed by atoms with Crippen molar-refractivity contribution in [3.63, 3.8) is 0 Å². The summed E-state index contributed by atoms with van der Waals surface area (Å²) in [7, 11) is 0.0482. The fourth-order valence-electron chi connectivity index (χ4n) is 3.63. The normalized spacial score (nSPS) is 19.6. The summed E-state index contributed by atoms with van der Waals surface area (Å²) in [6.07, 6.45) is 1.82. The number of halogens is 1. The van der Waals surface area contributed by atoms with Crippen LogP contribution in [0.4, 0.5) is 4.39 Å². The van der Waals surface area contributed by atoms with E-state index in [1.165, 1.54) is 21.3 Å². The van der Waals surface area contributed by atoms with E-state index in [-0.39, 0.29) is 24.3 Å². The molecule has 6 nitrogen and oxygen atoms in total. The van der Waals surface area contributed by atoms with Gasteiger partial charge in [0.25, 0.3) is 0 Å². The van der Waals surface area contributed by atoms with Gasteiger partial charge in [0.15, 0.2) is 0 Å². The van der Waals surface area contributed by atoms with Gasteiger partial charge in [-0.2, -0.15) is 4.31 Å². The molecule has 3 N–H and O–H groups in total. The number of benzene rings is 2. The SMILES string of the molecule is CC1c2cc(-c3c[nH]c4cc(F)ccc34)ccc2S(O)(O)N1CC(=O)N(C)C. The molecule has 0 spiro atoms. The Labute approximate surface area is 164 Å². The number of aromatic amines is 1. The number of amides is 1. The number of hydrogen-bond acceptors (Lipinski definition) is 4. The van der Waals surface area contributed by atoms with E-state index in [1.807, 2.05) is 25.3 Å². The Morgan fingerprint density at radius 3 is 2.71 bits per heavy atom. The van der Waals surface area contributed by atoms with Crippen LogP contribution in [0.5, 0.6) is 0 Å². The zero-order chi connectivity index (χ0) is 20.2. The van der Waals surface area contributed by atoms with Gasteiger partial charge >= 0.3 is 0 Å². The molecule has 3 aromatic rings. The Hall–Kier alpha value is -2.39. The Morgan fingerprint density at radius 2 is 2.00 bits per heavy atom. The van der Waals surface area contributed by atoms with Gasteiger partial charge in [-0.1, -0.05) is 6.07 Å². The average Bonchev–Trinajstić information content (AvgIpc) is 3.14. The van der Waals surface area contributed by atoms with Crippen LogP contribution in [0, 0.1) is 5.82 Å². The maximum absolute atomic E-state index is 13.5. The highest BCUT2D eigenvalue weighted by Crippen LogP contribution is 2.63. The van der Waals surface area contributed by atoms with E-state index in [0.717, 1.165) is 22.1 Å². The third-order valence-electron chi connectivity index (χ3n) is 5.26. The first-order valence-corrected chi connectivity index (χ1v) is 10.4. The molecule has 1 aliphatic rings. The fourth-order valence-corrected chi connectivity index (χ4v) is 5.53. The Morgan fingerprint density at radius 1 is 1.25 bits per heavy atom. The molecule has 1 unspecified atom stereocenters. The number of aromatic nitrogens is 1. The maximum atomic E-state index is 13.5. The summed E-state index contributed by atoms with van der Waals surface area (Å²) in [5.41, 5.74) is 3.27. The van der Waals surface area contributed by atoms with Crippen molar-refractivity contribution in [3.05, 3.63) is 54.0 Å². The number of hydrogen-bond donors (Lipinski definition) is 3. The van der Waals surface area contributed by atoms with Gasteiger partial charge < -0.3 is 9.88 Å². The fraction of sp³-hybridized carbons (Fsp3) is 0.250. The summed E-state index contributed by atoms with van der Waals surface area (Å²) in [5.74, 6) is -0.503. The Balaban J connectivity index is 1.76. The second-order valence-electron chi connectivity index (χ2n) is 7.20. The zero-order valence-corrected chi connectivity index (χ0v) is 16.6. The van der Waals surface area contributed by atoms with Crippen LogP contribution in [0.3, 0.4) is 0 Å². The monoisotopic (exact) mass is 403 g/mol. The third-order valence-corrected chi connectivity index (χ3v) is 7.32. The van der Waals surface area contributed by atoms with Crippen molar-refractivity contribution in [2.75, 3.05) is 20.6 Å². The van der Waals surface area contributed by atoms with Crippen LogP contribution in [0.25, 0.3) is 22.0 Å². The second kappa shape index (κ2) is 6.59. The van der Waals surface area contributed by atoms with Gasteiger partial charge in [0, 0.05) is 36.8 Å². The Kier molecular flexibility index (Phi) is 4.46. The summed E-state index contributed by atoms with van der Waals surface area (Å²) in [5, 5.41) is 0.887. The van der Waals surface area contributed by atoms with Crippen LogP contribution in [-0.4, -0.2) is 49.8 Å². The van der Waals surface area contributed by atoms with E-state index in [4.69, 9.17) is 0 Å². The summed E-state index contributed by atoms with van der Waals surface area (Å²) >= 11 is 0. The van der Waals surface area contributed by atoms with Crippen molar-refractivity contribution in [3.8, 4) is 11.1 Å². The van der Waals surface area contributed by atoms with Crippen molar-refractivity contribution in [1.82, 2.24) is 14.2 Å². The molecule has 1 amide bonds. The number of fused-ring (bicyclic) bond motifs is 2. The lowest BCUT2D eigenvalue weighted by Gasteiger charge is -2.39. The van der Waals surface area contributed by atoms with E-state index in [0.29, 0.717) is 10.4 Å². The minimum absolute atomic E-state index is 0.0765. The van der Waals surface area contributed by atoms with Gasteiger partial charge in [0.05, 0.1) is 17.5 Å². The molecule has 8 heteroatoms. The molecular weight excluding hydrogens is 381 g/mol. The number of rotatable bonds is 3. The first kappa shape index (κ1) is 18.9. The molecule has 0 saturated carbocycles. The first-order chi connectivity index (χ1) is 13.2. The Bertz CT molecular complexity index is 1080. The largest absolute Gasteiger partial charge is 0.360 e. The van der Waals surface area contributed by atoms with Gasteiger partial charge in [0.1, 0.15) is 5.82 Å². The van der Waals surface area contributed by atoms with E-state index in [9.17, 15) is 18.3 Å². The molecule has 28 heavy (non-hydrogen) atoms. The van der Waals surface area contributed by atoms with E-state index < -0.39 is 10.8 Å². The maximum Gasteiger partial charge on any atom is 0.238 e. The second-order valence-corrected chi connectivity index (χ2v) is 9.15. The van der Waals surface area contributed by atoms with Crippen molar-refractivity contribution < 1.29 is 18.3 Å². The summed E-state index contributed by atoms with van der Waals surface area (Å²) in [6, 6.07) is 9.71. The quantitative estimate of drug-likeness (QED) is 0.603. The molecule has 0 bridgehead atoms. The number of nitrogens with one attached hydrogen (secondary N) is 1. The van der Waals surface area contributed by atoms with Crippen LogP contribution >= 0.6 is 10.8 Å². The van der Waals surface area contributed by atoms with Crippen LogP contribution in [0.15, 0.2) is 47.5 Å². The van der Waals surface area contributed by atoms with Crippen LogP contribution in [-0.2, 0) is 4.79 Å². The molecule has 2 aromatic carbocycles. The molecule has 4 rings (SSSR count).